The van der Waals surface area contributed by atoms with E-state index in [1.807, 2.05) is 48.5 Å². The molecule has 4 aromatic carbocycles. The molecule has 0 aliphatic carbocycles. The van der Waals surface area contributed by atoms with Gasteiger partial charge in [-0.15, -0.1) is 0 Å². The molecule has 0 aromatic heterocycles. The largest absolute Gasteiger partial charge is 0.508 e. The van der Waals surface area contributed by atoms with Gasteiger partial charge in [-0.25, -0.2) is 0 Å². The van der Waals surface area contributed by atoms with E-state index in [4.69, 9.17) is 0 Å². The van der Waals surface area contributed by atoms with Crippen LogP contribution in [0, 0.1) is 0 Å². The van der Waals surface area contributed by atoms with Gasteiger partial charge in [0.05, 0.1) is 5.41 Å². The summed E-state index contributed by atoms with van der Waals surface area (Å²) in [6.45, 7) is 2.16. The van der Waals surface area contributed by atoms with Crippen molar-refractivity contribution in [2.24, 2.45) is 0 Å². The lowest BCUT2D eigenvalue weighted by atomic mass is 9.58. The molecule has 0 heterocycles. The van der Waals surface area contributed by atoms with Crippen molar-refractivity contribution in [3.63, 3.8) is 0 Å². The maximum absolute atomic E-state index is 10.1. The van der Waals surface area contributed by atoms with E-state index in [2.05, 4.69) is 6.92 Å². The standard InChI is InChI=1S/C30H30O4/c1-2-3-4-29(21-5-13-25(31)14-6-21)30(22-7-15-26(32)16-8-22,23-9-17-27(33)18-10-23)24-11-19-28(34)20-12-24/h5-20,29,31-34H,2-4H2,1H3. The molecule has 4 heteroatoms. The minimum Gasteiger partial charge on any atom is -0.508 e. The summed E-state index contributed by atoms with van der Waals surface area (Å²) in [5, 5.41) is 40.2. The first kappa shape index (κ1) is 23.2. The quantitative estimate of drug-likeness (QED) is 0.220. The van der Waals surface area contributed by atoms with Crippen LogP contribution in [-0.4, -0.2) is 20.4 Å². The van der Waals surface area contributed by atoms with E-state index in [9.17, 15) is 20.4 Å². The van der Waals surface area contributed by atoms with Gasteiger partial charge in [-0.05, 0) is 77.2 Å². The van der Waals surface area contributed by atoms with Crippen LogP contribution in [0.1, 0.15) is 54.4 Å². The Labute approximate surface area is 200 Å². The van der Waals surface area contributed by atoms with E-state index in [0.717, 1.165) is 41.5 Å². The first-order chi connectivity index (χ1) is 16.4. The highest BCUT2D eigenvalue weighted by atomic mass is 16.3. The molecule has 0 amide bonds. The van der Waals surface area contributed by atoms with E-state index in [1.165, 1.54) is 0 Å². The molecule has 0 saturated heterocycles. The molecule has 0 radical (unpaired) electrons. The zero-order valence-corrected chi connectivity index (χ0v) is 19.2. The van der Waals surface area contributed by atoms with Crippen molar-refractivity contribution in [1.29, 1.82) is 0 Å². The van der Waals surface area contributed by atoms with Gasteiger partial charge in [-0.2, -0.15) is 0 Å². The highest BCUT2D eigenvalue weighted by molar-refractivity contribution is 5.56. The van der Waals surface area contributed by atoms with Crippen molar-refractivity contribution in [2.75, 3.05) is 0 Å². The molecule has 0 aliphatic heterocycles. The molecule has 1 atom stereocenters. The topological polar surface area (TPSA) is 80.9 Å². The summed E-state index contributed by atoms with van der Waals surface area (Å²) >= 11 is 0. The van der Waals surface area contributed by atoms with Crippen LogP contribution in [0.4, 0.5) is 0 Å². The number of phenols is 4. The maximum atomic E-state index is 10.1. The summed E-state index contributed by atoms with van der Waals surface area (Å²) in [4.78, 5) is 0. The number of rotatable bonds is 8. The van der Waals surface area contributed by atoms with Crippen molar-refractivity contribution in [1.82, 2.24) is 0 Å². The van der Waals surface area contributed by atoms with Gasteiger partial charge in [-0.1, -0.05) is 68.3 Å². The second kappa shape index (κ2) is 9.92. The van der Waals surface area contributed by atoms with Gasteiger partial charge < -0.3 is 20.4 Å². The zero-order chi connectivity index (χ0) is 24.1. The third kappa shape index (κ3) is 4.44. The molecule has 4 nitrogen and oxygen atoms in total. The lowest BCUT2D eigenvalue weighted by Gasteiger charge is -2.43. The van der Waals surface area contributed by atoms with Crippen LogP contribution in [0.15, 0.2) is 97.1 Å². The molecular formula is C30H30O4. The Morgan fingerprint density at radius 1 is 0.529 bits per heavy atom. The van der Waals surface area contributed by atoms with Gasteiger partial charge in [0, 0.05) is 5.92 Å². The number of benzene rings is 4. The first-order valence-electron chi connectivity index (χ1n) is 11.6. The van der Waals surface area contributed by atoms with Crippen LogP contribution in [0.25, 0.3) is 0 Å². The van der Waals surface area contributed by atoms with Crippen LogP contribution in [0.3, 0.4) is 0 Å². The van der Waals surface area contributed by atoms with Crippen molar-refractivity contribution in [3.8, 4) is 23.0 Å². The third-order valence-electron chi connectivity index (χ3n) is 6.63. The Balaban J connectivity index is 2.10. The average Bonchev–Trinajstić information content (AvgIpc) is 2.85. The first-order valence-corrected chi connectivity index (χ1v) is 11.6. The van der Waals surface area contributed by atoms with Crippen molar-refractivity contribution in [3.05, 3.63) is 119 Å². The zero-order valence-electron chi connectivity index (χ0n) is 19.2. The van der Waals surface area contributed by atoms with Gasteiger partial charge >= 0.3 is 0 Å². The molecule has 0 saturated carbocycles. The molecule has 174 valence electrons. The van der Waals surface area contributed by atoms with E-state index < -0.39 is 5.41 Å². The molecule has 34 heavy (non-hydrogen) atoms. The molecule has 0 fully saturated rings. The molecule has 4 N–H and O–H groups in total. The van der Waals surface area contributed by atoms with E-state index in [1.54, 1.807) is 48.5 Å². The van der Waals surface area contributed by atoms with Gasteiger partial charge in [-0.3, -0.25) is 0 Å². The fourth-order valence-corrected chi connectivity index (χ4v) is 5.02. The number of unbranched alkanes of at least 4 members (excludes halogenated alkanes) is 1. The molecule has 4 aromatic rings. The lowest BCUT2D eigenvalue weighted by Crippen LogP contribution is -2.36. The van der Waals surface area contributed by atoms with E-state index in [-0.39, 0.29) is 28.9 Å². The summed E-state index contributed by atoms with van der Waals surface area (Å²) in [7, 11) is 0. The van der Waals surface area contributed by atoms with Gasteiger partial charge in [0.15, 0.2) is 0 Å². The summed E-state index contributed by atoms with van der Waals surface area (Å²) < 4.78 is 0. The molecule has 0 aliphatic rings. The van der Waals surface area contributed by atoms with E-state index >= 15 is 0 Å². The Bertz CT molecular complexity index is 1080. The van der Waals surface area contributed by atoms with Crippen LogP contribution >= 0.6 is 0 Å². The Morgan fingerprint density at radius 3 is 1.18 bits per heavy atom. The maximum Gasteiger partial charge on any atom is 0.115 e. The summed E-state index contributed by atoms with van der Waals surface area (Å²) in [5.74, 6) is 0.727. The predicted molar refractivity (Wildman–Crippen MR) is 135 cm³/mol. The van der Waals surface area contributed by atoms with Crippen LogP contribution < -0.4 is 0 Å². The Hall–Kier alpha value is -3.92. The fourth-order valence-electron chi connectivity index (χ4n) is 5.02. The van der Waals surface area contributed by atoms with Crippen molar-refractivity contribution >= 4 is 0 Å². The summed E-state index contributed by atoms with van der Waals surface area (Å²) in [6.07, 6.45) is 2.87. The monoisotopic (exact) mass is 454 g/mol. The molecule has 0 spiro atoms. The highest BCUT2D eigenvalue weighted by Crippen LogP contribution is 2.52. The van der Waals surface area contributed by atoms with Crippen molar-refractivity contribution < 1.29 is 20.4 Å². The Kier molecular flexibility index (Phi) is 6.78. The number of phenolic OH excluding ortho intramolecular Hbond substituents is 4. The van der Waals surface area contributed by atoms with Gasteiger partial charge in [0.25, 0.3) is 0 Å². The summed E-state index contributed by atoms with van der Waals surface area (Å²) in [5.41, 5.74) is 3.32. The van der Waals surface area contributed by atoms with Gasteiger partial charge in [0.1, 0.15) is 23.0 Å². The Morgan fingerprint density at radius 2 is 0.853 bits per heavy atom. The predicted octanol–water partition coefficient (Wildman–Crippen LogP) is 6.82. The number of hydrogen-bond donors (Lipinski definition) is 4. The second-order valence-electron chi connectivity index (χ2n) is 8.73. The number of aromatic hydroxyl groups is 4. The third-order valence-corrected chi connectivity index (χ3v) is 6.63. The van der Waals surface area contributed by atoms with E-state index in [0.29, 0.717) is 0 Å². The number of hydrogen-bond acceptors (Lipinski definition) is 4. The smallest absolute Gasteiger partial charge is 0.115 e. The highest BCUT2D eigenvalue weighted by Gasteiger charge is 2.44. The molecule has 1 unspecified atom stereocenters. The minimum absolute atomic E-state index is 0.0355. The second-order valence-corrected chi connectivity index (χ2v) is 8.73. The van der Waals surface area contributed by atoms with Crippen LogP contribution in [-0.2, 0) is 5.41 Å². The van der Waals surface area contributed by atoms with Gasteiger partial charge in [0.2, 0.25) is 0 Å². The molecule has 4 rings (SSSR count). The molecular weight excluding hydrogens is 424 g/mol. The van der Waals surface area contributed by atoms with Crippen molar-refractivity contribution in [2.45, 2.75) is 37.5 Å². The normalized spacial score (nSPS) is 12.4. The summed E-state index contributed by atoms with van der Waals surface area (Å²) in [6, 6.07) is 29.1. The minimum atomic E-state index is -0.693. The SMILES string of the molecule is CCCCC(c1ccc(O)cc1)C(c1ccc(O)cc1)(c1ccc(O)cc1)c1ccc(O)cc1. The van der Waals surface area contributed by atoms with Crippen LogP contribution in [0.2, 0.25) is 0 Å². The molecule has 0 bridgehead atoms. The van der Waals surface area contributed by atoms with Crippen LogP contribution in [0.5, 0.6) is 23.0 Å². The fraction of sp³-hybridized carbons (Fsp3) is 0.200. The lowest BCUT2D eigenvalue weighted by molar-refractivity contribution is 0.430. The average molecular weight is 455 g/mol.